The maximum Gasteiger partial charge on any atom is 0.255 e. The van der Waals surface area contributed by atoms with Gasteiger partial charge in [0, 0.05) is 22.2 Å². The van der Waals surface area contributed by atoms with Crippen LogP contribution in [0.4, 0.5) is 11.4 Å². The minimum atomic E-state index is -0.287. The topological polar surface area (TPSA) is 67.4 Å². The van der Waals surface area contributed by atoms with Crippen LogP contribution in [0.2, 0.25) is 5.02 Å². The normalized spacial score (nSPS) is 10.4. The number of hydrogen-bond acceptors (Lipinski definition) is 3. The first-order chi connectivity index (χ1) is 11.9. The zero-order valence-corrected chi connectivity index (χ0v) is 15.2. The maximum absolute atomic E-state index is 12.4. The van der Waals surface area contributed by atoms with E-state index in [1.165, 1.54) is 0 Å². The highest BCUT2D eigenvalue weighted by Crippen LogP contribution is 2.28. The van der Waals surface area contributed by atoms with Crippen molar-refractivity contribution in [3.05, 3.63) is 53.1 Å². The van der Waals surface area contributed by atoms with Gasteiger partial charge in [0.1, 0.15) is 5.75 Å². The molecule has 5 nitrogen and oxygen atoms in total. The van der Waals surface area contributed by atoms with E-state index < -0.39 is 0 Å². The number of ether oxygens (including phenoxy) is 1. The molecule has 0 saturated carbocycles. The van der Waals surface area contributed by atoms with Crippen LogP contribution < -0.4 is 15.4 Å². The van der Waals surface area contributed by atoms with E-state index in [0.29, 0.717) is 34.3 Å². The standard InChI is InChI=1S/C19H21ClN2O3/c1-4-25-17-10-7-14(20)11-16(17)22-19(24)13-5-8-15(9-6-13)21-18(23)12(2)3/h5-12H,4H2,1-3H3,(H,21,23)(H,22,24). The molecule has 2 amide bonds. The average molecular weight is 361 g/mol. The summed E-state index contributed by atoms with van der Waals surface area (Å²) in [6.45, 7) is 5.98. The van der Waals surface area contributed by atoms with Crippen LogP contribution in [0.3, 0.4) is 0 Å². The van der Waals surface area contributed by atoms with E-state index in [1.54, 1.807) is 42.5 Å². The second-order valence-electron chi connectivity index (χ2n) is 5.75. The van der Waals surface area contributed by atoms with Gasteiger partial charge in [-0.1, -0.05) is 25.4 Å². The molecule has 0 heterocycles. The molecule has 0 aliphatic heterocycles. The minimum Gasteiger partial charge on any atom is -0.492 e. The van der Waals surface area contributed by atoms with E-state index in [4.69, 9.17) is 16.3 Å². The van der Waals surface area contributed by atoms with E-state index >= 15 is 0 Å². The predicted molar refractivity (Wildman–Crippen MR) is 100 cm³/mol. The van der Waals surface area contributed by atoms with Crippen LogP contribution in [0.5, 0.6) is 5.75 Å². The highest BCUT2D eigenvalue weighted by atomic mass is 35.5. The van der Waals surface area contributed by atoms with Crippen LogP contribution in [0, 0.1) is 5.92 Å². The van der Waals surface area contributed by atoms with Crippen LogP contribution in [0.15, 0.2) is 42.5 Å². The lowest BCUT2D eigenvalue weighted by Gasteiger charge is -2.12. The fourth-order valence-corrected chi connectivity index (χ4v) is 2.24. The third-order valence-corrected chi connectivity index (χ3v) is 3.66. The van der Waals surface area contributed by atoms with Crippen LogP contribution in [0.25, 0.3) is 0 Å². The monoisotopic (exact) mass is 360 g/mol. The SMILES string of the molecule is CCOc1ccc(Cl)cc1NC(=O)c1ccc(NC(=O)C(C)C)cc1. The van der Waals surface area contributed by atoms with Gasteiger partial charge in [-0.15, -0.1) is 0 Å². The molecule has 0 aromatic heterocycles. The number of rotatable bonds is 6. The molecule has 2 N–H and O–H groups in total. The van der Waals surface area contributed by atoms with Gasteiger partial charge in [-0.25, -0.2) is 0 Å². The fourth-order valence-electron chi connectivity index (χ4n) is 2.07. The molecule has 0 atom stereocenters. The van der Waals surface area contributed by atoms with Gasteiger partial charge in [-0.05, 0) is 49.4 Å². The summed E-state index contributed by atoms with van der Waals surface area (Å²) in [6, 6.07) is 11.7. The zero-order chi connectivity index (χ0) is 18.4. The largest absolute Gasteiger partial charge is 0.492 e. The number of carbonyl (C=O) groups is 2. The van der Waals surface area contributed by atoms with E-state index in [1.807, 2.05) is 20.8 Å². The van der Waals surface area contributed by atoms with Crippen molar-refractivity contribution in [1.29, 1.82) is 0 Å². The quantitative estimate of drug-likeness (QED) is 0.791. The van der Waals surface area contributed by atoms with Crippen molar-refractivity contribution in [3.8, 4) is 5.75 Å². The summed E-state index contributed by atoms with van der Waals surface area (Å²) in [5.74, 6) is 0.0892. The Morgan fingerprint density at radius 2 is 1.76 bits per heavy atom. The molecular weight excluding hydrogens is 340 g/mol. The van der Waals surface area contributed by atoms with Gasteiger partial charge in [0.15, 0.2) is 0 Å². The van der Waals surface area contributed by atoms with Crippen molar-refractivity contribution in [2.75, 3.05) is 17.2 Å². The second kappa shape index (κ2) is 8.53. The summed E-state index contributed by atoms with van der Waals surface area (Å²) < 4.78 is 5.49. The first-order valence-electron chi connectivity index (χ1n) is 8.05. The van der Waals surface area contributed by atoms with Crippen molar-refractivity contribution in [2.45, 2.75) is 20.8 Å². The summed E-state index contributed by atoms with van der Waals surface area (Å²) in [4.78, 5) is 24.1. The van der Waals surface area contributed by atoms with Crippen molar-refractivity contribution >= 4 is 34.8 Å². The summed E-state index contributed by atoms with van der Waals surface area (Å²) >= 11 is 5.99. The molecule has 2 aromatic carbocycles. The number of carbonyl (C=O) groups excluding carboxylic acids is 2. The average Bonchev–Trinajstić information content (AvgIpc) is 2.58. The number of benzene rings is 2. The molecule has 2 aromatic rings. The van der Waals surface area contributed by atoms with Crippen LogP contribution >= 0.6 is 11.6 Å². The Labute approximate surface area is 152 Å². The molecule has 2 rings (SSSR count). The number of halogens is 1. The smallest absolute Gasteiger partial charge is 0.255 e. The lowest BCUT2D eigenvalue weighted by Crippen LogP contribution is -2.18. The van der Waals surface area contributed by atoms with E-state index in [9.17, 15) is 9.59 Å². The number of nitrogens with one attached hydrogen (secondary N) is 2. The Morgan fingerprint density at radius 1 is 1.08 bits per heavy atom. The van der Waals surface area contributed by atoms with Gasteiger partial charge in [-0.2, -0.15) is 0 Å². The molecule has 0 aliphatic rings. The van der Waals surface area contributed by atoms with Crippen molar-refractivity contribution in [2.24, 2.45) is 5.92 Å². The molecule has 0 fully saturated rings. The van der Waals surface area contributed by atoms with Crippen molar-refractivity contribution < 1.29 is 14.3 Å². The molecule has 0 radical (unpaired) electrons. The van der Waals surface area contributed by atoms with Gasteiger partial charge in [-0.3, -0.25) is 9.59 Å². The predicted octanol–water partition coefficient (Wildman–Crippen LogP) is 4.59. The molecule has 0 unspecified atom stereocenters. The van der Waals surface area contributed by atoms with Gasteiger partial charge < -0.3 is 15.4 Å². The molecular formula is C19H21ClN2O3. The molecule has 25 heavy (non-hydrogen) atoms. The molecule has 0 bridgehead atoms. The third kappa shape index (κ3) is 5.22. The molecule has 6 heteroatoms. The van der Waals surface area contributed by atoms with E-state index in [0.717, 1.165) is 0 Å². The lowest BCUT2D eigenvalue weighted by molar-refractivity contribution is -0.118. The van der Waals surface area contributed by atoms with E-state index in [2.05, 4.69) is 10.6 Å². The Kier molecular flexibility index (Phi) is 6.42. The summed E-state index contributed by atoms with van der Waals surface area (Å²) in [7, 11) is 0. The van der Waals surface area contributed by atoms with E-state index in [-0.39, 0.29) is 17.7 Å². The minimum absolute atomic E-state index is 0.0718. The highest BCUT2D eigenvalue weighted by molar-refractivity contribution is 6.31. The van der Waals surface area contributed by atoms with Crippen LogP contribution in [0.1, 0.15) is 31.1 Å². The van der Waals surface area contributed by atoms with Crippen molar-refractivity contribution in [1.82, 2.24) is 0 Å². The Balaban J connectivity index is 2.11. The highest BCUT2D eigenvalue weighted by Gasteiger charge is 2.12. The van der Waals surface area contributed by atoms with Gasteiger partial charge in [0.25, 0.3) is 5.91 Å². The summed E-state index contributed by atoms with van der Waals surface area (Å²) in [5.41, 5.74) is 1.62. The molecule has 0 aliphatic carbocycles. The zero-order valence-electron chi connectivity index (χ0n) is 14.4. The number of amides is 2. The fraction of sp³-hybridized carbons (Fsp3) is 0.263. The van der Waals surface area contributed by atoms with Crippen LogP contribution in [-0.4, -0.2) is 18.4 Å². The number of anilines is 2. The number of hydrogen-bond donors (Lipinski definition) is 2. The van der Waals surface area contributed by atoms with Crippen molar-refractivity contribution in [3.63, 3.8) is 0 Å². The lowest BCUT2D eigenvalue weighted by atomic mass is 10.1. The first kappa shape index (κ1) is 18.8. The van der Waals surface area contributed by atoms with Gasteiger partial charge in [0.05, 0.1) is 12.3 Å². The molecule has 132 valence electrons. The summed E-state index contributed by atoms with van der Waals surface area (Å²) in [6.07, 6.45) is 0. The molecule has 0 saturated heterocycles. The Hall–Kier alpha value is -2.53. The van der Waals surface area contributed by atoms with Gasteiger partial charge in [0.2, 0.25) is 5.91 Å². The van der Waals surface area contributed by atoms with Crippen LogP contribution in [-0.2, 0) is 4.79 Å². The third-order valence-electron chi connectivity index (χ3n) is 3.43. The Morgan fingerprint density at radius 3 is 2.36 bits per heavy atom. The first-order valence-corrected chi connectivity index (χ1v) is 8.43. The summed E-state index contributed by atoms with van der Waals surface area (Å²) in [5, 5.41) is 6.08. The molecule has 0 spiro atoms. The maximum atomic E-state index is 12.4. The second-order valence-corrected chi connectivity index (χ2v) is 6.19. The Bertz CT molecular complexity index is 758. The van der Waals surface area contributed by atoms with Gasteiger partial charge >= 0.3 is 0 Å².